The number of nitrogens with zero attached hydrogens (tertiary/aromatic N) is 1. The number of anilines is 3. The van der Waals surface area contributed by atoms with Crippen LogP contribution in [0, 0.1) is 12.7 Å². The highest BCUT2D eigenvalue weighted by Gasteiger charge is 2.26. The third-order valence-electron chi connectivity index (χ3n) is 5.19. The number of nitrogens with one attached hydrogen (secondary N) is 1. The number of piperidine rings is 1. The van der Waals surface area contributed by atoms with E-state index in [1.807, 2.05) is 19.1 Å². The second kappa shape index (κ2) is 7.36. The van der Waals surface area contributed by atoms with E-state index in [0.717, 1.165) is 24.1 Å². The fraction of sp³-hybridized carbons (Fsp3) is 0.381. The Bertz CT molecular complexity index is 794. The maximum atomic E-state index is 13.1. The molecule has 1 aliphatic rings. The largest absolute Gasteiger partial charge is 0.397 e. The number of hydrogen-bond acceptors (Lipinski definition) is 3. The van der Waals surface area contributed by atoms with Crippen molar-refractivity contribution >= 4 is 23.0 Å². The second-order valence-corrected chi connectivity index (χ2v) is 7.22. The van der Waals surface area contributed by atoms with Gasteiger partial charge in [-0.25, -0.2) is 4.39 Å². The molecule has 1 aliphatic heterocycles. The number of carbonyl (C=O) groups is 1. The van der Waals surface area contributed by atoms with Crippen molar-refractivity contribution in [1.29, 1.82) is 0 Å². The molecule has 2 aromatic rings. The highest BCUT2D eigenvalue weighted by Crippen LogP contribution is 2.35. The lowest BCUT2D eigenvalue weighted by atomic mass is 9.95. The van der Waals surface area contributed by atoms with Crippen molar-refractivity contribution in [3.05, 3.63) is 53.3 Å². The lowest BCUT2D eigenvalue weighted by Crippen LogP contribution is -2.44. The van der Waals surface area contributed by atoms with Crippen molar-refractivity contribution in [2.75, 3.05) is 16.0 Å². The molecule has 0 aliphatic carbocycles. The van der Waals surface area contributed by atoms with Crippen molar-refractivity contribution in [3.63, 3.8) is 0 Å². The molecule has 26 heavy (non-hydrogen) atoms. The van der Waals surface area contributed by atoms with Crippen LogP contribution in [0.3, 0.4) is 0 Å². The zero-order valence-corrected chi connectivity index (χ0v) is 15.6. The Kier molecular flexibility index (Phi) is 5.16. The van der Waals surface area contributed by atoms with E-state index >= 15 is 0 Å². The summed E-state index contributed by atoms with van der Waals surface area (Å²) >= 11 is 0. The van der Waals surface area contributed by atoms with Gasteiger partial charge < -0.3 is 16.0 Å². The molecule has 0 bridgehead atoms. The fourth-order valence-corrected chi connectivity index (χ4v) is 3.80. The molecule has 0 spiro atoms. The number of nitrogens with two attached hydrogens (primary N) is 1. The van der Waals surface area contributed by atoms with E-state index in [0.29, 0.717) is 29.0 Å². The van der Waals surface area contributed by atoms with E-state index in [9.17, 15) is 9.18 Å². The lowest BCUT2D eigenvalue weighted by molar-refractivity contribution is 0.102. The zero-order valence-electron chi connectivity index (χ0n) is 15.6. The van der Waals surface area contributed by atoms with Crippen LogP contribution >= 0.6 is 0 Å². The van der Waals surface area contributed by atoms with Gasteiger partial charge in [0.15, 0.2) is 0 Å². The Hall–Kier alpha value is -2.56. The van der Waals surface area contributed by atoms with Gasteiger partial charge in [-0.15, -0.1) is 0 Å². The summed E-state index contributed by atoms with van der Waals surface area (Å²) in [4.78, 5) is 14.9. The van der Waals surface area contributed by atoms with E-state index < -0.39 is 0 Å². The first-order chi connectivity index (χ1) is 12.4. The van der Waals surface area contributed by atoms with Gasteiger partial charge in [-0.1, -0.05) is 0 Å². The molecule has 4 nitrogen and oxygen atoms in total. The topological polar surface area (TPSA) is 58.4 Å². The lowest BCUT2D eigenvalue weighted by Gasteiger charge is -2.42. The predicted octanol–water partition coefficient (Wildman–Crippen LogP) is 4.74. The molecule has 138 valence electrons. The smallest absolute Gasteiger partial charge is 0.255 e. The zero-order chi connectivity index (χ0) is 18.8. The monoisotopic (exact) mass is 355 g/mol. The average Bonchev–Trinajstić information content (AvgIpc) is 2.59. The van der Waals surface area contributed by atoms with Crippen LogP contribution in [-0.2, 0) is 0 Å². The molecule has 0 aromatic heterocycles. The molecule has 3 rings (SSSR count). The van der Waals surface area contributed by atoms with E-state index in [1.54, 1.807) is 0 Å². The SMILES string of the molecule is Cc1cc(N)c(NC(=O)c2ccc(F)cc2)cc1N1C(C)CCCC1C. The predicted molar refractivity (Wildman–Crippen MR) is 105 cm³/mol. The minimum Gasteiger partial charge on any atom is -0.397 e. The van der Waals surface area contributed by atoms with Crippen LogP contribution in [0.25, 0.3) is 0 Å². The maximum Gasteiger partial charge on any atom is 0.255 e. The fourth-order valence-electron chi connectivity index (χ4n) is 3.80. The summed E-state index contributed by atoms with van der Waals surface area (Å²) in [5.41, 5.74) is 9.86. The Balaban J connectivity index is 1.90. The summed E-state index contributed by atoms with van der Waals surface area (Å²) in [7, 11) is 0. The quantitative estimate of drug-likeness (QED) is 0.782. The van der Waals surface area contributed by atoms with Crippen molar-refractivity contribution < 1.29 is 9.18 Å². The molecular formula is C21H26FN3O. The number of halogens is 1. The number of benzene rings is 2. The van der Waals surface area contributed by atoms with Gasteiger partial charge in [0.1, 0.15) is 5.82 Å². The van der Waals surface area contributed by atoms with E-state index in [1.165, 1.54) is 30.7 Å². The summed E-state index contributed by atoms with van der Waals surface area (Å²) in [6, 6.07) is 10.2. The summed E-state index contributed by atoms with van der Waals surface area (Å²) in [6.07, 6.45) is 3.55. The van der Waals surface area contributed by atoms with Crippen LogP contribution in [0.1, 0.15) is 49.0 Å². The van der Waals surface area contributed by atoms with Gasteiger partial charge in [0, 0.05) is 23.3 Å². The molecule has 1 heterocycles. The first-order valence-corrected chi connectivity index (χ1v) is 9.12. The van der Waals surface area contributed by atoms with Gasteiger partial charge in [-0.2, -0.15) is 0 Å². The molecule has 1 saturated heterocycles. The molecule has 2 aromatic carbocycles. The van der Waals surface area contributed by atoms with Gasteiger partial charge in [-0.3, -0.25) is 4.79 Å². The second-order valence-electron chi connectivity index (χ2n) is 7.22. The summed E-state index contributed by atoms with van der Waals surface area (Å²) < 4.78 is 13.1. The minimum atomic E-state index is -0.369. The molecule has 0 radical (unpaired) electrons. The highest BCUT2D eigenvalue weighted by molar-refractivity contribution is 6.06. The molecular weight excluding hydrogens is 329 g/mol. The first kappa shape index (κ1) is 18.2. The normalized spacial score (nSPS) is 20.1. The number of amides is 1. The number of nitrogen functional groups attached to an aromatic ring is 1. The Morgan fingerprint density at radius 3 is 2.38 bits per heavy atom. The van der Waals surface area contributed by atoms with Crippen molar-refractivity contribution in [3.8, 4) is 0 Å². The number of aryl methyl sites for hydroxylation is 1. The summed E-state index contributed by atoms with van der Waals surface area (Å²) in [5, 5.41) is 2.87. The Morgan fingerprint density at radius 2 is 1.77 bits per heavy atom. The molecule has 1 fully saturated rings. The van der Waals surface area contributed by atoms with Gasteiger partial charge >= 0.3 is 0 Å². The average molecular weight is 355 g/mol. The van der Waals surface area contributed by atoms with E-state index in [-0.39, 0.29) is 11.7 Å². The molecule has 1 amide bonds. The van der Waals surface area contributed by atoms with Gasteiger partial charge in [0.25, 0.3) is 5.91 Å². The first-order valence-electron chi connectivity index (χ1n) is 9.12. The molecule has 0 saturated carbocycles. The molecule has 2 unspecified atom stereocenters. The molecule has 3 N–H and O–H groups in total. The third kappa shape index (κ3) is 3.66. The van der Waals surface area contributed by atoms with Crippen LogP contribution in [0.2, 0.25) is 0 Å². The maximum absolute atomic E-state index is 13.1. The number of carbonyl (C=O) groups excluding carboxylic acids is 1. The Labute approximate surface area is 154 Å². The van der Waals surface area contributed by atoms with Crippen LogP contribution in [0.5, 0.6) is 0 Å². The van der Waals surface area contributed by atoms with Crippen molar-refractivity contribution in [2.45, 2.75) is 52.1 Å². The number of hydrogen-bond donors (Lipinski definition) is 2. The third-order valence-corrected chi connectivity index (χ3v) is 5.19. The van der Waals surface area contributed by atoms with Gasteiger partial charge in [0.05, 0.1) is 11.4 Å². The van der Waals surface area contributed by atoms with Crippen LogP contribution in [-0.4, -0.2) is 18.0 Å². The molecule has 2 atom stereocenters. The minimum absolute atomic E-state index is 0.300. The van der Waals surface area contributed by atoms with Gasteiger partial charge in [0.2, 0.25) is 0 Å². The molecule has 5 heteroatoms. The van der Waals surface area contributed by atoms with Crippen LogP contribution < -0.4 is 16.0 Å². The number of rotatable bonds is 3. The van der Waals surface area contributed by atoms with Crippen molar-refractivity contribution in [1.82, 2.24) is 0 Å². The van der Waals surface area contributed by atoms with Crippen LogP contribution in [0.15, 0.2) is 36.4 Å². The summed E-state index contributed by atoms with van der Waals surface area (Å²) in [6.45, 7) is 6.52. The standard InChI is InChI=1S/C21H26FN3O/c1-13-11-18(23)19(24-21(26)16-7-9-17(22)10-8-16)12-20(13)25-14(2)5-4-6-15(25)3/h7-12,14-15H,4-6,23H2,1-3H3,(H,24,26). The Morgan fingerprint density at radius 1 is 1.15 bits per heavy atom. The van der Waals surface area contributed by atoms with E-state index in [2.05, 4.69) is 24.1 Å². The van der Waals surface area contributed by atoms with E-state index in [4.69, 9.17) is 5.73 Å². The van der Waals surface area contributed by atoms with Gasteiger partial charge in [-0.05, 0) is 82.0 Å². The summed E-state index contributed by atoms with van der Waals surface area (Å²) in [5.74, 6) is -0.669. The van der Waals surface area contributed by atoms with Crippen LogP contribution in [0.4, 0.5) is 21.5 Å². The van der Waals surface area contributed by atoms with Crippen molar-refractivity contribution in [2.24, 2.45) is 0 Å². The highest BCUT2D eigenvalue weighted by atomic mass is 19.1.